The largest absolute Gasteiger partial charge is 0.396 e. The van der Waals surface area contributed by atoms with Crippen LogP contribution < -0.4 is 0 Å². The molecule has 0 bridgehead atoms. The Bertz CT molecular complexity index is 406. The van der Waals surface area contributed by atoms with E-state index in [0.717, 1.165) is 64.6 Å². The fourth-order valence-corrected chi connectivity index (χ4v) is 3.75. The van der Waals surface area contributed by atoms with Gasteiger partial charge in [0.05, 0.1) is 0 Å². The third-order valence-electron chi connectivity index (χ3n) is 5.12. The second-order valence-electron chi connectivity index (χ2n) is 6.77. The molecule has 0 aromatic carbocycles. The van der Waals surface area contributed by atoms with Gasteiger partial charge < -0.3 is 14.9 Å². The zero-order valence-corrected chi connectivity index (χ0v) is 12.7. The first-order chi connectivity index (χ1) is 10.2. The summed E-state index contributed by atoms with van der Waals surface area (Å²) < 4.78 is 0. The van der Waals surface area contributed by atoms with E-state index in [9.17, 15) is 9.59 Å². The maximum Gasteiger partial charge on any atom is 0.245 e. The van der Waals surface area contributed by atoms with Crippen molar-refractivity contribution in [3.8, 4) is 0 Å². The molecule has 5 nitrogen and oxygen atoms in total. The first-order valence-electron chi connectivity index (χ1n) is 8.41. The zero-order valence-electron chi connectivity index (χ0n) is 12.7. The molecule has 2 saturated heterocycles. The number of carbonyl (C=O) groups excluding carboxylic acids is 2. The highest BCUT2D eigenvalue weighted by Crippen LogP contribution is 2.34. The van der Waals surface area contributed by atoms with Crippen LogP contribution in [0.3, 0.4) is 0 Å². The summed E-state index contributed by atoms with van der Waals surface area (Å²) in [4.78, 5) is 28.9. The van der Waals surface area contributed by atoms with Crippen LogP contribution in [0.4, 0.5) is 0 Å². The van der Waals surface area contributed by atoms with Crippen molar-refractivity contribution in [1.29, 1.82) is 0 Å². The van der Waals surface area contributed by atoms with E-state index in [-0.39, 0.29) is 30.4 Å². The van der Waals surface area contributed by atoms with E-state index < -0.39 is 0 Å². The fourth-order valence-electron chi connectivity index (χ4n) is 3.75. The predicted molar refractivity (Wildman–Crippen MR) is 78.5 cm³/mol. The van der Waals surface area contributed by atoms with Crippen LogP contribution in [0.5, 0.6) is 0 Å². The molecular formula is C16H26N2O3. The van der Waals surface area contributed by atoms with Crippen molar-refractivity contribution in [2.45, 2.75) is 51.0 Å². The van der Waals surface area contributed by atoms with Gasteiger partial charge in [0.1, 0.15) is 6.04 Å². The van der Waals surface area contributed by atoms with Crippen molar-refractivity contribution in [2.24, 2.45) is 11.8 Å². The fraction of sp³-hybridized carbons (Fsp3) is 0.875. The SMILES string of the molecule is O=C(C1CCCN1C(=O)C1CC1)N1CCCC(CCO)C1. The van der Waals surface area contributed by atoms with Crippen molar-refractivity contribution in [3.05, 3.63) is 0 Å². The lowest BCUT2D eigenvalue weighted by Gasteiger charge is -2.36. The van der Waals surface area contributed by atoms with Crippen LogP contribution >= 0.6 is 0 Å². The van der Waals surface area contributed by atoms with E-state index in [4.69, 9.17) is 5.11 Å². The number of nitrogens with zero attached hydrogens (tertiary/aromatic N) is 2. The number of hydrogen-bond donors (Lipinski definition) is 1. The van der Waals surface area contributed by atoms with Gasteiger partial charge in [0.2, 0.25) is 11.8 Å². The molecule has 2 heterocycles. The van der Waals surface area contributed by atoms with E-state index in [1.807, 2.05) is 9.80 Å². The molecule has 3 fully saturated rings. The van der Waals surface area contributed by atoms with Gasteiger partial charge in [0.15, 0.2) is 0 Å². The minimum atomic E-state index is -0.217. The highest BCUT2D eigenvalue weighted by molar-refractivity contribution is 5.90. The molecule has 0 aromatic heterocycles. The highest BCUT2D eigenvalue weighted by atomic mass is 16.3. The molecule has 1 N–H and O–H groups in total. The number of likely N-dealkylation sites (tertiary alicyclic amines) is 2. The Morgan fingerprint density at radius 2 is 1.76 bits per heavy atom. The minimum Gasteiger partial charge on any atom is -0.396 e. The molecule has 5 heteroatoms. The zero-order chi connectivity index (χ0) is 14.8. The lowest BCUT2D eigenvalue weighted by molar-refractivity contribution is -0.145. The van der Waals surface area contributed by atoms with E-state index in [0.29, 0.717) is 5.92 Å². The third-order valence-corrected chi connectivity index (χ3v) is 5.12. The van der Waals surface area contributed by atoms with Crippen molar-refractivity contribution in [2.75, 3.05) is 26.2 Å². The van der Waals surface area contributed by atoms with Crippen LogP contribution in [0.1, 0.15) is 44.9 Å². The number of aliphatic hydroxyl groups excluding tert-OH is 1. The molecule has 2 aliphatic heterocycles. The lowest BCUT2D eigenvalue weighted by Crippen LogP contribution is -2.51. The molecular weight excluding hydrogens is 268 g/mol. The average Bonchev–Trinajstić information content (AvgIpc) is 3.23. The summed E-state index contributed by atoms with van der Waals surface area (Å²) in [6.45, 7) is 2.51. The Hall–Kier alpha value is -1.10. The standard InChI is InChI=1S/C16H26N2O3/c19-10-7-12-3-1-8-17(11-12)16(21)14-4-2-9-18(14)15(20)13-5-6-13/h12-14,19H,1-11H2. The lowest BCUT2D eigenvalue weighted by atomic mass is 9.94. The van der Waals surface area contributed by atoms with Crippen molar-refractivity contribution in [3.63, 3.8) is 0 Å². The minimum absolute atomic E-state index is 0.143. The van der Waals surface area contributed by atoms with Crippen molar-refractivity contribution >= 4 is 11.8 Å². The number of amides is 2. The molecule has 3 rings (SSSR count). The summed E-state index contributed by atoms with van der Waals surface area (Å²) in [5, 5.41) is 9.08. The molecule has 21 heavy (non-hydrogen) atoms. The van der Waals surface area contributed by atoms with Gasteiger partial charge in [-0.05, 0) is 50.9 Å². The van der Waals surface area contributed by atoms with Gasteiger partial charge in [0.25, 0.3) is 0 Å². The predicted octanol–water partition coefficient (Wildman–Crippen LogP) is 1.01. The quantitative estimate of drug-likeness (QED) is 0.842. The van der Waals surface area contributed by atoms with Gasteiger partial charge in [-0.3, -0.25) is 9.59 Å². The topological polar surface area (TPSA) is 60.9 Å². The summed E-state index contributed by atoms with van der Waals surface area (Å²) in [7, 11) is 0. The summed E-state index contributed by atoms with van der Waals surface area (Å²) >= 11 is 0. The monoisotopic (exact) mass is 294 g/mol. The first-order valence-corrected chi connectivity index (χ1v) is 8.41. The van der Waals surface area contributed by atoms with Gasteiger partial charge in [-0.15, -0.1) is 0 Å². The van der Waals surface area contributed by atoms with E-state index >= 15 is 0 Å². The maximum absolute atomic E-state index is 12.8. The van der Waals surface area contributed by atoms with Gasteiger partial charge in [-0.25, -0.2) is 0 Å². The van der Waals surface area contributed by atoms with Crippen LogP contribution in [-0.4, -0.2) is 59.0 Å². The Morgan fingerprint density at radius 1 is 1.00 bits per heavy atom. The van der Waals surface area contributed by atoms with Gasteiger partial charge in [-0.1, -0.05) is 0 Å². The summed E-state index contributed by atoms with van der Waals surface area (Å²) in [6.07, 6.45) is 6.65. The number of piperidine rings is 1. The van der Waals surface area contributed by atoms with E-state index in [2.05, 4.69) is 0 Å². The van der Waals surface area contributed by atoms with Crippen LogP contribution in [0.25, 0.3) is 0 Å². The number of carbonyl (C=O) groups is 2. The van der Waals surface area contributed by atoms with E-state index in [1.54, 1.807) is 0 Å². The number of hydrogen-bond acceptors (Lipinski definition) is 3. The Morgan fingerprint density at radius 3 is 2.48 bits per heavy atom. The summed E-state index contributed by atoms with van der Waals surface area (Å²) in [6, 6.07) is -0.217. The maximum atomic E-state index is 12.8. The van der Waals surface area contributed by atoms with E-state index in [1.165, 1.54) is 0 Å². The highest BCUT2D eigenvalue weighted by Gasteiger charge is 2.42. The molecule has 0 aromatic rings. The van der Waals surface area contributed by atoms with Gasteiger partial charge in [0, 0.05) is 32.2 Å². The van der Waals surface area contributed by atoms with Crippen LogP contribution in [0.15, 0.2) is 0 Å². The van der Waals surface area contributed by atoms with Crippen LogP contribution in [0.2, 0.25) is 0 Å². The van der Waals surface area contributed by atoms with Crippen molar-refractivity contribution in [1.82, 2.24) is 9.80 Å². The number of rotatable bonds is 4. The van der Waals surface area contributed by atoms with Crippen LogP contribution in [0, 0.1) is 11.8 Å². The third kappa shape index (κ3) is 3.23. The Kier molecular flexibility index (Phi) is 4.48. The second-order valence-corrected chi connectivity index (χ2v) is 6.77. The molecule has 2 unspecified atom stereocenters. The van der Waals surface area contributed by atoms with Crippen LogP contribution in [-0.2, 0) is 9.59 Å². The second kappa shape index (κ2) is 6.34. The average molecular weight is 294 g/mol. The first kappa shape index (κ1) is 14.8. The molecule has 1 aliphatic carbocycles. The smallest absolute Gasteiger partial charge is 0.245 e. The Labute approximate surface area is 126 Å². The van der Waals surface area contributed by atoms with Gasteiger partial charge >= 0.3 is 0 Å². The molecule has 2 atom stereocenters. The normalized spacial score (nSPS) is 29.8. The van der Waals surface area contributed by atoms with Crippen molar-refractivity contribution < 1.29 is 14.7 Å². The summed E-state index contributed by atoms with van der Waals surface area (Å²) in [5.41, 5.74) is 0. The van der Waals surface area contributed by atoms with Gasteiger partial charge in [-0.2, -0.15) is 0 Å². The molecule has 1 saturated carbocycles. The summed E-state index contributed by atoms with van der Waals surface area (Å²) in [5.74, 6) is 0.961. The molecule has 0 spiro atoms. The molecule has 0 radical (unpaired) electrons. The Balaban J connectivity index is 1.61. The molecule has 3 aliphatic rings. The molecule has 118 valence electrons. The number of aliphatic hydroxyl groups is 1. The molecule has 2 amide bonds.